The van der Waals surface area contributed by atoms with Gasteiger partial charge in [0.25, 0.3) is 0 Å². The second-order valence-corrected chi connectivity index (χ2v) is 3.55. The highest BCUT2D eigenvalue weighted by Crippen LogP contribution is 2.09. The second kappa shape index (κ2) is 4.98. The monoisotopic (exact) mass is 194 g/mol. The predicted octanol–water partition coefficient (Wildman–Crippen LogP) is 1.43. The van der Waals surface area contributed by atoms with Crippen molar-refractivity contribution < 1.29 is 5.11 Å². The summed E-state index contributed by atoms with van der Waals surface area (Å²) in [6.45, 7) is 2.71. The Bertz CT molecular complexity index is 271. The Balaban J connectivity index is 2.56. The molecule has 0 aromatic heterocycles. The van der Waals surface area contributed by atoms with Gasteiger partial charge in [0.1, 0.15) is 6.23 Å². The van der Waals surface area contributed by atoms with Gasteiger partial charge in [0.15, 0.2) is 0 Å². The van der Waals surface area contributed by atoms with Gasteiger partial charge >= 0.3 is 0 Å². The fourth-order valence-electron chi connectivity index (χ4n) is 1.33. The van der Waals surface area contributed by atoms with E-state index in [1.54, 1.807) is 0 Å². The molecule has 3 heteroatoms. The van der Waals surface area contributed by atoms with Gasteiger partial charge in [-0.1, -0.05) is 19.1 Å². The van der Waals surface area contributed by atoms with Gasteiger partial charge in [-0.15, -0.1) is 0 Å². The molecule has 0 bridgehead atoms. The minimum atomic E-state index is -0.368. The molecule has 1 aromatic carbocycles. The smallest absolute Gasteiger partial charge is 0.107 e. The van der Waals surface area contributed by atoms with Crippen molar-refractivity contribution in [3.05, 3.63) is 29.8 Å². The number of benzene rings is 1. The summed E-state index contributed by atoms with van der Waals surface area (Å²) in [6, 6.07) is 7.71. The van der Waals surface area contributed by atoms with Gasteiger partial charge in [0.2, 0.25) is 0 Å². The maximum Gasteiger partial charge on any atom is 0.107 e. The molecule has 0 radical (unpaired) electrons. The van der Waals surface area contributed by atoms with Crippen molar-refractivity contribution in [3.63, 3.8) is 0 Å². The van der Waals surface area contributed by atoms with Crippen LogP contribution in [0, 0.1) is 0 Å². The topological polar surface area (TPSA) is 49.5 Å². The molecule has 1 rings (SSSR count). The Kier molecular flexibility index (Phi) is 3.92. The van der Waals surface area contributed by atoms with Gasteiger partial charge < -0.3 is 10.8 Å². The largest absolute Gasteiger partial charge is 0.399 e. The highest BCUT2D eigenvalue weighted by Gasteiger charge is 2.08. The molecule has 1 unspecified atom stereocenters. The first-order valence-corrected chi connectivity index (χ1v) is 4.86. The molecule has 0 spiro atoms. The maximum atomic E-state index is 9.54. The Morgan fingerprint density at radius 3 is 2.43 bits per heavy atom. The van der Waals surface area contributed by atoms with Crippen LogP contribution in [0.25, 0.3) is 0 Å². The minimum absolute atomic E-state index is 0.368. The summed E-state index contributed by atoms with van der Waals surface area (Å²) < 4.78 is 0. The average Bonchev–Trinajstić information content (AvgIpc) is 2.20. The lowest BCUT2D eigenvalue weighted by Crippen LogP contribution is -2.30. The van der Waals surface area contributed by atoms with E-state index in [-0.39, 0.29) is 6.23 Å². The van der Waals surface area contributed by atoms with Crippen LogP contribution < -0.4 is 5.73 Å². The molecule has 0 heterocycles. The van der Waals surface area contributed by atoms with E-state index >= 15 is 0 Å². The van der Waals surface area contributed by atoms with Gasteiger partial charge in [-0.05, 0) is 31.2 Å². The van der Waals surface area contributed by atoms with Crippen LogP contribution in [-0.2, 0) is 6.54 Å². The SMILES string of the molecule is CCC(O)N(C)Cc1ccc(N)cc1. The molecule has 0 aliphatic carbocycles. The van der Waals surface area contributed by atoms with Crippen LogP contribution in [0.15, 0.2) is 24.3 Å². The predicted molar refractivity (Wildman–Crippen MR) is 58.6 cm³/mol. The normalized spacial score (nSPS) is 13.1. The number of aliphatic hydroxyl groups is 1. The summed E-state index contributed by atoms with van der Waals surface area (Å²) in [6.07, 6.45) is 0.374. The van der Waals surface area contributed by atoms with Crippen molar-refractivity contribution in [3.8, 4) is 0 Å². The standard InChI is InChI=1S/C11H18N2O/c1-3-11(14)13(2)8-9-4-6-10(12)7-5-9/h4-7,11,14H,3,8,12H2,1-2H3. The molecule has 3 nitrogen and oxygen atoms in total. The fraction of sp³-hybridized carbons (Fsp3) is 0.455. The Labute approximate surface area is 85.2 Å². The van der Waals surface area contributed by atoms with E-state index in [0.29, 0.717) is 0 Å². The van der Waals surface area contributed by atoms with Crippen LogP contribution >= 0.6 is 0 Å². The van der Waals surface area contributed by atoms with Crippen molar-refractivity contribution >= 4 is 5.69 Å². The van der Waals surface area contributed by atoms with Crippen molar-refractivity contribution in [2.24, 2.45) is 0 Å². The molecule has 0 amide bonds. The van der Waals surface area contributed by atoms with E-state index < -0.39 is 0 Å². The van der Waals surface area contributed by atoms with E-state index in [4.69, 9.17) is 5.73 Å². The molecular weight excluding hydrogens is 176 g/mol. The van der Waals surface area contributed by atoms with Crippen LogP contribution in [-0.4, -0.2) is 23.3 Å². The first kappa shape index (κ1) is 11.0. The summed E-state index contributed by atoms with van der Waals surface area (Å²) in [5, 5.41) is 9.54. The van der Waals surface area contributed by atoms with Gasteiger partial charge in [0.05, 0.1) is 0 Å². The van der Waals surface area contributed by atoms with Crippen LogP contribution in [0.5, 0.6) is 0 Å². The summed E-state index contributed by atoms with van der Waals surface area (Å²) in [7, 11) is 1.91. The third kappa shape index (κ3) is 3.01. The zero-order chi connectivity index (χ0) is 10.6. The first-order valence-electron chi connectivity index (χ1n) is 4.86. The van der Waals surface area contributed by atoms with E-state index in [9.17, 15) is 5.11 Å². The van der Waals surface area contributed by atoms with Crippen molar-refractivity contribution in [1.82, 2.24) is 4.90 Å². The molecule has 0 fully saturated rings. The van der Waals surface area contributed by atoms with Gasteiger partial charge in [-0.2, -0.15) is 0 Å². The molecule has 1 atom stereocenters. The van der Waals surface area contributed by atoms with Gasteiger partial charge in [-0.25, -0.2) is 0 Å². The fourth-order valence-corrected chi connectivity index (χ4v) is 1.33. The number of nitrogen functional groups attached to an aromatic ring is 1. The van der Waals surface area contributed by atoms with E-state index in [0.717, 1.165) is 24.2 Å². The van der Waals surface area contributed by atoms with Crippen LogP contribution in [0.2, 0.25) is 0 Å². The molecule has 1 aromatic rings. The molecule has 78 valence electrons. The third-order valence-corrected chi connectivity index (χ3v) is 2.29. The molecule has 3 N–H and O–H groups in total. The second-order valence-electron chi connectivity index (χ2n) is 3.55. The Hall–Kier alpha value is -1.06. The molecule has 0 aliphatic heterocycles. The number of rotatable bonds is 4. The first-order chi connectivity index (χ1) is 6.63. The lowest BCUT2D eigenvalue weighted by Gasteiger charge is -2.22. The van der Waals surface area contributed by atoms with E-state index in [2.05, 4.69) is 0 Å². The van der Waals surface area contributed by atoms with Crippen LogP contribution in [0.1, 0.15) is 18.9 Å². The summed E-state index contributed by atoms with van der Waals surface area (Å²) in [4.78, 5) is 1.91. The zero-order valence-corrected chi connectivity index (χ0v) is 8.77. The van der Waals surface area contributed by atoms with Crippen molar-refractivity contribution in [2.45, 2.75) is 26.1 Å². The summed E-state index contributed by atoms with van der Waals surface area (Å²) in [5.41, 5.74) is 7.51. The summed E-state index contributed by atoms with van der Waals surface area (Å²) >= 11 is 0. The highest BCUT2D eigenvalue weighted by molar-refractivity contribution is 5.39. The van der Waals surface area contributed by atoms with Crippen LogP contribution in [0.4, 0.5) is 5.69 Å². The lowest BCUT2D eigenvalue weighted by atomic mass is 10.2. The maximum absolute atomic E-state index is 9.54. The number of nitrogens with two attached hydrogens (primary N) is 1. The molecule has 0 aliphatic rings. The van der Waals surface area contributed by atoms with Gasteiger partial charge in [0, 0.05) is 12.2 Å². The summed E-state index contributed by atoms with van der Waals surface area (Å²) in [5.74, 6) is 0. The number of anilines is 1. The average molecular weight is 194 g/mol. The molecular formula is C11H18N2O. The van der Waals surface area contributed by atoms with Crippen molar-refractivity contribution in [2.75, 3.05) is 12.8 Å². The van der Waals surface area contributed by atoms with E-state index in [1.165, 1.54) is 0 Å². The lowest BCUT2D eigenvalue weighted by molar-refractivity contribution is 0.0143. The Morgan fingerprint density at radius 2 is 1.93 bits per heavy atom. The quantitative estimate of drug-likeness (QED) is 0.563. The molecule has 0 saturated carbocycles. The molecule has 14 heavy (non-hydrogen) atoms. The van der Waals surface area contributed by atoms with Crippen molar-refractivity contribution in [1.29, 1.82) is 0 Å². The number of hydrogen-bond donors (Lipinski definition) is 2. The van der Waals surface area contributed by atoms with E-state index in [1.807, 2.05) is 43.1 Å². The van der Waals surface area contributed by atoms with Crippen LogP contribution in [0.3, 0.4) is 0 Å². The Morgan fingerprint density at radius 1 is 1.36 bits per heavy atom. The number of nitrogens with zero attached hydrogens (tertiary/aromatic N) is 1. The number of hydrogen-bond acceptors (Lipinski definition) is 3. The molecule has 0 saturated heterocycles. The zero-order valence-electron chi connectivity index (χ0n) is 8.77. The third-order valence-electron chi connectivity index (χ3n) is 2.29. The minimum Gasteiger partial charge on any atom is -0.399 e. The highest BCUT2D eigenvalue weighted by atomic mass is 16.3. The number of aliphatic hydroxyl groups excluding tert-OH is 1. The van der Waals surface area contributed by atoms with Gasteiger partial charge in [-0.3, -0.25) is 4.90 Å².